The van der Waals surface area contributed by atoms with Gasteiger partial charge in [-0.2, -0.15) is 26.3 Å². The second-order valence-electron chi connectivity index (χ2n) is 7.10. The number of alkyl halides is 5. The van der Waals surface area contributed by atoms with Crippen molar-refractivity contribution in [2.45, 2.75) is 30.5 Å². The fourth-order valence-electron chi connectivity index (χ4n) is 3.30. The molecule has 0 atom stereocenters. The van der Waals surface area contributed by atoms with Crippen molar-refractivity contribution in [3.8, 4) is 5.75 Å². The maximum absolute atomic E-state index is 12.9. The number of amides is 1. The predicted octanol–water partition coefficient (Wildman–Crippen LogP) is 4.35. The molecule has 2 aromatic rings. The summed E-state index contributed by atoms with van der Waals surface area (Å²) in [6.45, 7) is -3.02. The first kappa shape index (κ1) is 23.9. The van der Waals surface area contributed by atoms with Gasteiger partial charge in [0.25, 0.3) is 0 Å². The number of piperidine rings is 1. The Morgan fingerprint density at radius 3 is 2.25 bits per heavy atom. The number of ether oxygens (including phenoxy) is 1. The van der Waals surface area contributed by atoms with Crippen LogP contribution in [0.1, 0.15) is 18.4 Å². The quantitative estimate of drug-likeness (QED) is 0.627. The first-order valence-corrected chi connectivity index (χ1v) is 10.9. The molecule has 1 N–H and O–H groups in total. The van der Waals surface area contributed by atoms with Crippen LogP contribution in [0.5, 0.6) is 5.75 Å². The summed E-state index contributed by atoms with van der Waals surface area (Å²) in [5.74, 6) is -0.949. The van der Waals surface area contributed by atoms with Crippen molar-refractivity contribution in [1.29, 1.82) is 0 Å². The van der Waals surface area contributed by atoms with Crippen LogP contribution in [0.15, 0.2) is 53.4 Å². The van der Waals surface area contributed by atoms with E-state index in [9.17, 15) is 35.2 Å². The molecule has 0 saturated carbocycles. The number of hydrogen-bond donors (Lipinski definition) is 1. The van der Waals surface area contributed by atoms with Gasteiger partial charge in [-0.05, 0) is 55.3 Å². The lowest BCUT2D eigenvalue weighted by atomic mass is 9.97. The molecule has 0 aliphatic carbocycles. The zero-order valence-corrected chi connectivity index (χ0v) is 17.3. The number of carbonyl (C=O) groups excluding carboxylic acids is 1. The molecular formula is C20H19F5N2O4S. The van der Waals surface area contributed by atoms with E-state index in [4.69, 9.17) is 0 Å². The molecule has 1 saturated heterocycles. The van der Waals surface area contributed by atoms with Crippen LogP contribution >= 0.6 is 0 Å². The van der Waals surface area contributed by atoms with Crippen LogP contribution in [0, 0.1) is 5.92 Å². The fourth-order valence-corrected chi connectivity index (χ4v) is 4.82. The average molecular weight is 478 g/mol. The van der Waals surface area contributed by atoms with E-state index in [-0.39, 0.29) is 37.6 Å². The number of halogens is 5. The maximum atomic E-state index is 12.9. The number of rotatable bonds is 6. The molecule has 1 heterocycles. The molecule has 0 unspecified atom stereocenters. The third kappa shape index (κ3) is 5.74. The summed E-state index contributed by atoms with van der Waals surface area (Å²) in [5, 5.41) is 2.63. The van der Waals surface area contributed by atoms with Crippen molar-refractivity contribution in [3.63, 3.8) is 0 Å². The minimum absolute atomic E-state index is 0.0299. The number of sulfonamides is 1. The topological polar surface area (TPSA) is 75.7 Å². The number of nitrogens with one attached hydrogen (secondary N) is 1. The molecular weight excluding hydrogens is 459 g/mol. The van der Waals surface area contributed by atoms with Crippen LogP contribution in [0.3, 0.4) is 0 Å². The van der Waals surface area contributed by atoms with Crippen molar-refractivity contribution >= 4 is 21.6 Å². The first-order valence-electron chi connectivity index (χ1n) is 9.50. The Hall–Kier alpha value is -2.73. The van der Waals surface area contributed by atoms with Crippen LogP contribution in [0.4, 0.5) is 27.6 Å². The Kier molecular flexibility index (Phi) is 7.03. The summed E-state index contributed by atoms with van der Waals surface area (Å²) in [4.78, 5) is 12.0. The lowest BCUT2D eigenvalue weighted by Gasteiger charge is -2.30. The van der Waals surface area contributed by atoms with Gasteiger partial charge in [0.05, 0.1) is 10.5 Å². The lowest BCUT2D eigenvalue weighted by Crippen LogP contribution is -2.41. The van der Waals surface area contributed by atoms with Crippen molar-refractivity contribution in [3.05, 3.63) is 54.1 Å². The van der Waals surface area contributed by atoms with Crippen molar-refractivity contribution in [2.75, 3.05) is 18.4 Å². The molecule has 0 bridgehead atoms. The summed E-state index contributed by atoms with van der Waals surface area (Å²) in [6.07, 6.45) is -4.31. The van der Waals surface area contributed by atoms with Crippen LogP contribution < -0.4 is 10.1 Å². The molecule has 174 valence electrons. The van der Waals surface area contributed by atoms with Gasteiger partial charge in [-0.1, -0.05) is 6.07 Å². The SMILES string of the molecule is O=C(Nc1ccc(OC(F)F)cc1)C1CCN(S(=O)(=O)c2cccc(C(F)(F)F)c2)CC1. The van der Waals surface area contributed by atoms with E-state index < -0.39 is 39.2 Å². The molecule has 1 aliphatic heterocycles. The number of nitrogens with zero attached hydrogens (tertiary/aromatic N) is 1. The summed E-state index contributed by atoms with van der Waals surface area (Å²) in [7, 11) is -4.14. The van der Waals surface area contributed by atoms with Gasteiger partial charge in [-0.3, -0.25) is 4.79 Å². The molecule has 0 radical (unpaired) electrons. The molecule has 1 amide bonds. The van der Waals surface area contributed by atoms with E-state index in [0.717, 1.165) is 22.5 Å². The van der Waals surface area contributed by atoms with Crippen molar-refractivity contribution < 1.29 is 39.9 Å². The molecule has 32 heavy (non-hydrogen) atoms. The third-order valence-corrected chi connectivity index (χ3v) is 6.87. The Balaban J connectivity index is 1.60. The number of carbonyl (C=O) groups is 1. The van der Waals surface area contributed by atoms with Gasteiger partial charge >= 0.3 is 12.8 Å². The zero-order valence-electron chi connectivity index (χ0n) is 16.5. The second kappa shape index (κ2) is 9.41. The molecule has 1 aliphatic rings. The number of hydrogen-bond acceptors (Lipinski definition) is 4. The highest BCUT2D eigenvalue weighted by molar-refractivity contribution is 7.89. The van der Waals surface area contributed by atoms with Crippen LogP contribution in [0.2, 0.25) is 0 Å². The molecule has 3 rings (SSSR count). The summed E-state index contributed by atoms with van der Waals surface area (Å²) in [6, 6.07) is 8.85. The van der Waals surface area contributed by atoms with Gasteiger partial charge in [0, 0.05) is 24.7 Å². The highest BCUT2D eigenvalue weighted by atomic mass is 32.2. The van der Waals surface area contributed by atoms with E-state index in [1.54, 1.807) is 0 Å². The first-order chi connectivity index (χ1) is 15.0. The summed E-state index contributed by atoms with van der Waals surface area (Å²) in [5.41, 5.74) is -0.701. The number of anilines is 1. The molecule has 6 nitrogen and oxygen atoms in total. The van der Waals surface area contributed by atoms with Gasteiger partial charge in [0.2, 0.25) is 15.9 Å². The monoisotopic (exact) mass is 478 g/mol. The van der Waals surface area contributed by atoms with E-state index in [2.05, 4.69) is 10.1 Å². The summed E-state index contributed by atoms with van der Waals surface area (Å²) < 4.78 is 93.8. The van der Waals surface area contributed by atoms with E-state index in [1.807, 2.05) is 0 Å². The zero-order chi connectivity index (χ0) is 23.5. The largest absolute Gasteiger partial charge is 0.435 e. The Morgan fingerprint density at radius 2 is 1.69 bits per heavy atom. The van der Waals surface area contributed by atoms with Gasteiger partial charge in [-0.25, -0.2) is 8.42 Å². The van der Waals surface area contributed by atoms with Gasteiger partial charge in [0.1, 0.15) is 5.75 Å². The van der Waals surface area contributed by atoms with E-state index in [0.29, 0.717) is 11.8 Å². The van der Waals surface area contributed by atoms with E-state index >= 15 is 0 Å². The third-order valence-electron chi connectivity index (χ3n) is 4.97. The van der Waals surface area contributed by atoms with Crippen LogP contribution in [-0.2, 0) is 21.0 Å². The predicted molar refractivity (Wildman–Crippen MR) is 105 cm³/mol. The van der Waals surface area contributed by atoms with Gasteiger partial charge < -0.3 is 10.1 Å². The van der Waals surface area contributed by atoms with Gasteiger partial charge in [-0.15, -0.1) is 0 Å². The van der Waals surface area contributed by atoms with Crippen molar-refractivity contribution in [2.24, 2.45) is 5.92 Å². The molecule has 12 heteroatoms. The highest BCUT2D eigenvalue weighted by Gasteiger charge is 2.35. The minimum atomic E-state index is -4.67. The highest BCUT2D eigenvalue weighted by Crippen LogP contribution is 2.32. The summed E-state index contributed by atoms with van der Waals surface area (Å²) >= 11 is 0. The minimum Gasteiger partial charge on any atom is -0.435 e. The Morgan fingerprint density at radius 1 is 1.06 bits per heavy atom. The van der Waals surface area contributed by atoms with E-state index in [1.165, 1.54) is 24.3 Å². The van der Waals surface area contributed by atoms with Crippen molar-refractivity contribution in [1.82, 2.24) is 4.31 Å². The maximum Gasteiger partial charge on any atom is 0.416 e. The molecule has 1 fully saturated rings. The van der Waals surface area contributed by atoms with Crippen LogP contribution in [-0.4, -0.2) is 38.3 Å². The normalized spacial score (nSPS) is 16.2. The number of benzene rings is 2. The molecule has 0 aromatic heterocycles. The smallest absolute Gasteiger partial charge is 0.416 e. The molecule has 2 aromatic carbocycles. The van der Waals surface area contributed by atoms with Gasteiger partial charge in [0.15, 0.2) is 0 Å². The lowest BCUT2D eigenvalue weighted by molar-refractivity contribution is -0.137. The standard InChI is InChI=1S/C20H19F5N2O4S/c21-19(22)31-16-6-4-15(5-7-16)26-18(28)13-8-10-27(11-9-13)32(29,30)17-3-1-2-14(12-17)20(23,24)25/h1-7,12-13,19H,8-11H2,(H,26,28). The Labute approximate surface area is 181 Å². The fraction of sp³-hybridized carbons (Fsp3) is 0.350. The molecule has 0 spiro atoms. The van der Waals surface area contributed by atoms with Crippen LogP contribution in [0.25, 0.3) is 0 Å². The second-order valence-corrected chi connectivity index (χ2v) is 9.03. The average Bonchev–Trinajstić information content (AvgIpc) is 2.74. The Bertz CT molecular complexity index is 1050.